The van der Waals surface area contributed by atoms with Crippen molar-refractivity contribution in [1.29, 1.82) is 0 Å². The highest BCUT2D eigenvalue weighted by atomic mass is 19.1. The molecule has 1 aliphatic heterocycles. The average molecular weight is 421 g/mol. The third kappa shape index (κ3) is 5.01. The molecule has 6 heteroatoms. The molecule has 2 aromatic carbocycles. The number of rotatable bonds is 8. The van der Waals surface area contributed by atoms with Crippen molar-refractivity contribution in [2.75, 3.05) is 13.2 Å². The van der Waals surface area contributed by atoms with Gasteiger partial charge < -0.3 is 15.3 Å². The van der Waals surface area contributed by atoms with E-state index in [0.29, 0.717) is 18.8 Å². The number of aliphatic hydroxyl groups is 1. The van der Waals surface area contributed by atoms with Crippen molar-refractivity contribution in [3.8, 4) is 12.3 Å². The summed E-state index contributed by atoms with van der Waals surface area (Å²) in [5.41, 5.74) is 2.24. The molecule has 2 atom stereocenters. The van der Waals surface area contributed by atoms with Crippen LogP contribution in [0.15, 0.2) is 59.7 Å². The van der Waals surface area contributed by atoms with Crippen molar-refractivity contribution in [1.82, 2.24) is 10.2 Å². The zero-order valence-electron chi connectivity index (χ0n) is 17.1. The van der Waals surface area contributed by atoms with Gasteiger partial charge in [0.2, 0.25) is 0 Å². The first-order chi connectivity index (χ1) is 15.0. The Balaban J connectivity index is 1.49. The average Bonchev–Trinajstić information content (AvgIpc) is 3.57. The van der Waals surface area contributed by atoms with Gasteiger partial charge in [-0.1, -0.05) is 18.1 Å². The monoisotopic (exact) mass is 421 g/mol. The number of nitrogens with one attached hydrogen (secondary N) is 1. The van der Waals surface area contributed by atoms with Gasteiger partial charge >= 0.3 is 0 Å². The Labute approximate surface area is 181 Å². The van der Waals surface area contributed by atoms with E-state index in [1.54, 1.807) is 12.3 Å². The Morgan fingerprint density at radius 3 is 2.61 bits per heavy atom. The highest BCUT2D eigenvalue weighted by Crippen LogP contribution is 2.45. The Hall–Kier alpha value is -3.01. The molecule has 1 aliphatic carbocycles. The molecule has 0 unspecified atom stereocenters. The van der Waals surface area contributed by atoms with Crippen LogP contribution in [0.4, 0.5) is 8.78 Å². The van der Waals surface area contributed by atoms with Crippen LogP contribution in [-0.4, -0.2) is 41.6 Å². The number of allylic oxidation sites excluding steroid dienone is 1. The zero-order valence-corrected chi connectivity index (χ0v) is 17.1. The van der Waals surface area contributed by atoms with Crippen LogP contribution in [0.25, 0.3) is 0 Å². The minimum atomic E-state index is -0.780. The number of hydrogen-bond donors (Lipinski definition) is 2. The predicted octanol–water partition coefficient (Wildman–Crippen LogP) is 3.35. The van der Waals surface area contributed by atoms with Gasteiger partial charge in [-0.05, 0) is 60.7 Å². The second-order valence-corrected chi connectivity index (χ2v) is 8.13. The molecule has 160 valence electrons. The lowest BCUT2D eigenvalue weighted by molar-refractivity contribution is 0.0707. The van der Waals surface area contributed by atoms with Gasteiger partial charge in [0.05, 0.1) is 12.1 Å². The summed E-state index contributed by atoms with van der Waals surface area (Å²) < 4.78 is 27.4. The van der Waals surface area contributed by atoms with Crippen molar-refractivity contribution >= 4 is 6.21 Å². The Morgan fingerprint density at radius 2 is 1.97 bits per heavy atom. The van der Waals surface area contributed by atoms with Gasteiger partial charge in [-0.2, -0.15) is 0 Å². The third-order valence-electron chi connectivity index (χ3n) is 5.93. The van der Waals surface area contributed by atoms with Crippen LogP contribution in [0.3, 0.4) is 0 Å². The van der Waals surface area contributed by atoms with Gasteiger partial charge in [-0.3, -0.25) is 4.99 Å². The first-order valence-corrected chi connectivity index (χ1v) is 10.4. The smallest absolute Gasteiger partial charge is 0.126 e. The second kappa shape index (κ2) is 9.01. The molecule has 2 aliphatic rings. The quantitative estimate of drug-likeness (QED) is 0.643. The number of benzene rings is 2. The zero-order chi connectivity index (χ0) is 21.8. The van der Waals surface area contributed by atoms with E-state index in [4.69, 9.17) is 6.42 Å². The molecule has 1 heterocycles. The standard InChI is InChI=1S/C25H25F2N3O/c1-2-18-5-3-6-20(11-18)25(7-8-25)29-16-24(31)23(30-10-4-9-28-17-30)14-19-12-21(26)15-22(27)13-19/h1,3-6,9-13,15,23-24,29,31H,7-8,14,16-17H2/t23-,24+/m0/s1. The van der Waals surface area contributed by atoms with Gasteiger partial charge in [0.1, 0.15) is 18.3 Å². The lowest BCUT2D eigenvalue weighted by Crippen LogP contribution is -2.49. The van der Waals surface area contributed by atoms with Crippen LogP contribution in [0.1, 0.15) is 29.5 Å². The van der Waals surface area contributed by atoms with E-state index < -0.39 is 23.8 Å². The SMILES string of the molecule is C#Cc1cccc(C2(NC[C@@H](O)[C@H](Cc3cc(F)cc(F)c3)N3C=CC=NC3)CC2)c1. The Bertz CT molecular complexity index is 1020. The molecule has 0 aromatic heterocycles. The summed E-state index contributed by atoms with van der Waals surface area (Å²) in [5, 5.41) is 14.6. The molecule has 4 rings (SSSR count). The number of terminal acetylenes is 1. The number of aliphatic hydroxyl groups excluding tert-OH is 1. The summed E-state index contributed by atoms with van der Waals surface area (Å²) in [6.45, 7) is 0.710. The fourth-order valence-corrected chi connectivity index (χ4v) is 4.09. The van der Waals surface area contributed by atoms with Crippen LogP contribution < -0.4 is 5.32 Å². The second-order valence-electron chi connectivity index (χ2n) is 8.13. The van der Waals surface area contributed by atoms with E-state index in [-0.39, 0.29) is 12.0 Å². The van der Waals surface area contributed by atoms with E-state index in [1.165, 1.54) is 12.1 Å². The fourth-order valence-electron chi connectivity index (χ4n) is 4.09. The minimum absolute atomic E-state index is 0.195. The molecule has 1 fully saturated rings. The Kier molecular flexibility index (Phi) is 6.17. The lowest BCUT2D eigenvalue weighted by atomic mass is 9.98. The van der Waals surface area contributed by atoms with Gasteiger partial charge in [0.25, 0.3) is 0 Å². The largest absolute Gasteiger partial charge is 0.390 e. The summed E-state index contributed by atoms with van der Waals surface area (Å²) in [6, 6.07) is 11.0. The number of halogens is 2. The van der Waals surface area contributed by atoms with Gasteiger partial charge in [0.15, 0.2) is 0 Å². The number of hydrogen-bond acceptors (Lipinski definition) is 4. The highest BCUT2D eigenvalue weighted by molar-refractivity contribution is 5.71. The third-order valence-corrected chi connectivity index (χ3v) is 5.93. The topological polar surface area (TPSA) is 47.9 Å². The maximum absolute atomic E-state index is 13.7. The van der Waals surface area contributed by atoms with Crippen molar-refractivity contribution in [3.05, 3.63) is 83.1 Å². The first-order valence-electron chi connectivity index (χ1n) is 10.4. The van der Waals surface area contributed by atoms with Gasteiger partial charge in [-0.15, -0.1) is 6.42 Å². The van der Waals surface area contributed by atoms with Crippen LogP contribution in [0.2, 0.25) is 0 Å². The molecule has 0 bridgehead atoms. The molecule has 0 saturated heterocycles. The molecule has 2 N–H and O–H groups in total. The minimum Gasteiger partial charge on any atom is -0.390 e. The summed E-state index contributed by atoms with van der Waals surface area (Å²) in [7, 11) is 0. The molecular formula is C25H25F2N3O. The number of aliphatic imine (C=N–C) groups is 1. The fraction of sp³-hybridized carbons (Fsp3) is 0.320. The molecule has 4 nitrogen and oxygen atoms in total. The molecule has 0 radical (unpaired) electrons. The van der Waals surface area contributed by atoms with Gasteiger partial charge in [-0.25, -0.2) is 8.78 Å². The van der Waals surface area contributed by atoms with Crippen molar-refractivity contribution in [3.63, 3.8) is 0 Å². The summed E-state index contributed by atoms with van der Waals surface area (Å²) in [4.78, 5) is 6.14. The highest BCUT2D eigenvalue weighted by Gasteiger charge is 2.44. The Morgan fingerprint density at radius 1 is 1.19 bits per heavy atom. The van der Waals surface area contributed by atoms with E-state index in [9.17, 15) is 13.9 Å². The van der Waals surface area contributed by atoms with Crippen LogP contribution in [-0.2, 0) is 12.0 Å². The van der Waals surface area contributed by atoms with E-state index in [1.807, 2.05) is 35.4 Å². The summed E-state index contributed by atoms with van der Waals surface area (Å²) >= 11 is 0. The maximum atomic E-state index is 13.7. The summed E-state index contributed by atoms with van der Waals surface area (Å²) in [5.74, 6) is 1.41. The number of nitrogens with zero attached hydrogens (tertiary/aromatic N) is 2. The molecule has 2 aromatic rings. The molecule has 0 amide bonds. The van der Waals surface area contributed by atoms with E-state index in [0.717, 1.165) is 30.0 Å². The van der Waals surface area contributed by atoms with E-state index >= 15 is 0 Å². The molecule has 1 saturated carbocycles. The maximum Gasteiger partial charge on any atom is 0.126 e. The lowest BCUT2D eigenvalue weighted by Gasteiger charge is -2.35. The van der Waals surface area contributed by atoms with Crippen LogP contribution in [0.5, 0.6) is 0 Å². The van der Waals surface area contributed by atoms with Crippen molar-refractivity contribution in [2.24, 2.45) is 4.99 Å². The molecular weight excluding hydrogens is 396 g/mol. The van der Waals surface area contributed by atoms with E-state index in [2.05, 4.69) is 16.2 Å². The van der Waals surface area contributed by atoms with Gasteiger partial charge in [0, 0.05) is 36.1 Å². The van der Waals surface area contributed by atoms with Crippen LogP contribution >= 0.6 is 0 Å². The van der Waals surface area contributed by atoms with Crippen molar-refractivity contribution in [2.45, 2.75) is 36.9 Å². The predicted molar refractivity (Wildman–Crippen MR) is 117 cm³/mol. The van der Waals surface area contributed by atoms with Crippen LogP contribution in [0, 0.1) is 24.0 Å². The first kappa shape index (κ1) is 21.2. The normalized spacial score (nSPS) is 18.5. The van der Waals surface area contributed by atoms with Crippen molar-refractivity contribution < 1.29 is 13.9 Å². The molecule has 0 spiro atoms. The molecule has 31 heavy (non-hydrogen) atoms. The summed E-state index contributed by atoms with van der Waals surface area (Å²) in [6.07, 6.45) is 12.3.